The second kappa shape index (κ2) is 4.42. The Hall–Kier alpha value is -0.730. The van der Waals surface area contributed by atoms with Crippen LogP contribution in [-0.4, -0.2) is 7.05 Å². The number of hydrogen-bond donors (Lipinski definition) is 0. The van der Waals surface area contributed by atoms with Gasteiger partial charge in [-0.1, -0.05) is 30.7 Å². The summed E-state index contributed by atoms with van der Waals surface area (Å²) in [6.07, 6.45) is 7.64. The summed E-state index contributed by atoms with van der Waals surface area (Å²) in [6, 6.07) is 4.01. The quantitative estimate of drug-likeness (QED) is 0.743. The van der Waals surface area contributed by atoms with Gasteiger partial charge in [-0.3, -0.25) is 0 Å². The molecule has 1 aromatic heterocycles. The maximum Gasteiger partial charge on any atom is 0.0963 e. The Bertz CT molecular complexity index is 406. The molecule has 0 spiro atoms. The van der Waals surface area contributed by atoms with Gasteiger partial charge in [-0.2, -0.15) is 0 Å². The molecule has 0 aromatic carbocycles. The normalized spacial score (nSPS) is 20.2. The lowest BCUT2D eigenvalue weighted by molar-refractivity contribution is 0.664. The van der Waals surface area contributed by atoms with Gasteiger partial charge in [0.15, 0.2) is 0 Å². The molecule has 1 unspecified atom stereocenters. The lowest BCUT2D eigenvalue weighted by Gasteiger charge is -2.27. The van der Waals surface area contributed by atoms with Crippen molar-refractivity contribution < 1.29 is 0 Å². The Balaban J connectivity index is 2.23. The zero-order chi connectivity index (χ0) is 10.8. The first-order valence-electron chi connectivity index (χ1n) is 5.04. The molecule has 1 atom stereocenters. The summed E-state index contributed by atoms with van der Waals surface area (Å²) in [7, 11) is 2.10. The third kappa shape index (κ3) is 2.27. The topological polar surface area (TPSA) is 3.24 Å². The van der Waals surface area contributed by atoms with E-state index in [1.165, 1.54) is 10.7 Å². The number of nitrogens with zero attached hydrogens (tertiary/aromatic N) is 1. The van der Waals surface area contributed by atoms with E-state index in [-0.39, 0.29) is 0 Å². The number of rotatable bonds is 2. The summed E-state index contributed by atoms with van der Waals surface area (Å²) in [4.78, 5) is 2.23. The first-order valence-corrected chi connectivity index (χ1v) is 6.23. The van der Waals surface area contributed by atoms with Gasteiger partial charge in [-0.05, 0) is 30.5 Å². The van der Waals surface area contributed by atoms with Crippen molar-refractivity contribution in [3.63, 3.8) is 0 Å². The van der Waals surface area contributed by atoms with Crippen LogP contribution in [0, 0.1) is 5.92 Å². The Morgan fingerprint density at radius 1 is 1.47 bits per heavy atom. The molecule has 1 heterocycles. The minimum atomic E-state index is 0.584. The first-order chi connectivity index (χ1) is 7.18. The summed E-state index contributed by atoms with van der Waals surface area (Å²) in [6.45, 7) is 2.25. The molecule has 1 aromatic rings. The zero-order valence-corrected chi connectivity index (χ0v) is 10.5. The maximum absolute atomic E-state index is 5.94. The van der Waals surface area contributed by atoms with E-state index < -0.39 is 0 Å². The van der Waals surface area contributed by atoms with Crippen molar-refractivity contribution in [2.75, 3.05) is 11.9 Å². The summed E-state index contributed by atoms with van der Waals surface area (Å²) < 4.78 is 0.844. The largest absolute Gasteiger partial charge is 0.340 e. The number of anilines is 1. The van der Waals surface area contributed by atoms with Gasteiger partial charge in [-0.25, -0.2) is 0 Å². The number of thiophene rings is 1. The molecule has 1 aliphatic carbocycles. The van der Waals surface area contributed by atoms with Crippen molar-refractivity contribution in [1.29, 1.82) is 0 Å². The van der Waals surface area contributed by atoms with E-state index in [1.54, 1.807) is 11.3 Å². The maximum atomic E-state index is 5.94. The van der Waals surface area contributed by atoms with Gasteiger partial charge in [0.05, 0.1) is 9.34 Å². The molecule has 80 valence electrons. The molecule has 0 saturated heterocycles. The fourth-order valence-electron chi connectivity index (χ4n) is 1.79. The van der Waals surface area contributed by atoms with Crippen LogP contribution >= 0.6 is 22.9 Å². The highest BCUT2D eigenvalue weighted by Gasteiger charge is 2.16. The van der Waals surface area contributed by atoms with E-state index in [9.17, 15) is 0 Å². The Morgan fingerprint density at radius 2 is 2.27 bits per heavy atom. The molecule has 1 nitrogen and oxygen atoms in total. The van der Waals surface area contributed by atoms with Gasteiger partial charge in [-0.15, -0.1) is 11.3 Å². The molecule has 2 rings (SSSR count). The van der Waals surface area contributed by atoms with Gasteiger partial charge in [0.2, 0.25) is 0 Å². The molecule has 0 N–H and O–H groups in total. The lowest BCUT2D eigenvalue weighted by atomic mass is 9.98. The van der Waals surface area contributed by atoms with E-state index in [4.69, 9.17) is 11.6 Å². The van der Waals surface area contributed by atoms with Crippen LogP contribution in [0.2, 0.25) is 4.34 Å². The molecular formula is C12H14ClNS. The molecule has 0 amide bonds. The van der Waals surface area contributed by atoms with Gasteiger partial charge >= 0.3 is 0 Å². The van der Waals surface area contributed by atoms with Crippen LogP contribution in [0.25, 0.3) is 0 Å². The van der Waals surface area contributed by atoms with Crippen LogP contribution in [0.4, 0.5) is 5.00 Å². The third-order valence-corrected chi connectivity index (χ3v) is 3.98. The Labute approximate surface area is 99.7 Å². The van der Waals surface area contributed by atoms with Gasteiger partial charge in [0.1, 0.15) is 0 Å². The van der Waals surface area contributed by atoms with Crippen molar-refractivity contribution >= 4 is 27.9 Å². The summed E-state index contributed by atoms with van der Waals surface area (Å²) >= 11 is 7.56. The van der Waals surface area contributed by atoms with E-state index in [0.29, 0.717) is 5.92 Å². The van der Waals surface area contributed by atoms with Crippen LogP contribution in [-0.2, 0) is 0 Å². The average Bonchev–Trinajstić information content (AvgIpc) is 2.65. The summed E-state index contributed by atoms with van der Waals surface area (Å²) in [5.74, 6) is 0.584. The second-order valence-electron chi connectivity index (χ2n) is 3.79. The van der Waals surface area contributed by atoms with Crippen molar-refractivity contribution in [1.82, 2.24) is 0 Å². The SMILES string of the molecule is CC1CC=CC=C1N(C)c1ccc(Cl)s1. The van der Waals surface area contributed by atoms with E-state index in [1.807, 2.05) is 6.07 Å². The van der Waals surface area contributed by atoms with Crippen LogP contribution in [0.3, 0.4) is 0 Å². The standard InChI is InChI=1S/C12H14ClNS/c1-9-5-3-4-6-10(9)14(2)12-8-7-11(13)15-12/h3-4,6-9H,5H2,1-2H3. The van der Waals surface area contributed by atoms with Gasteiger partial charge in [0, 0.05) is 12.7 Å². The molecule has 1 aliphatic rings. The highest BCUT2D eigenvalue weighted by molar-refractivity contribution is 7.19. The third-order valence-electron chi connectivity index (χ3n) is 2.67. The first kappa shape index (κ1) is 10.8. The molecule has 0 saturated carbocycles. The van der Waals surface area contributed by atoms with Crippen molar-refractivity contribution in [3.8, 4) is 0 Å². The van der Waals surface area contributed by atoms with Gasteiger partial charge < -0.3 is 4.90 Å². The van der Waals surface area contributed by atoms with Crippen LogP contribution < -0.4 is 4.90 Å². The second-order valence-corrected chi connectivity index (χ2v) is 5.49. The summed E-state index contributed by atoms with van der Waals surface area (Å²) in [5.41, 5.74) is 1.36. The molecule has 3 heteroatoms. The van der Waals surface area contributed by atoms with E-state index >= 15 is 0 Å². The minimum absolute atomic E-state index is 0.584. The van der Waals surface area contributed by atoms with Gasteiger partial charge in [0.25, 0.3) is 0 Å². The number of halogens is 1. The zero-order valence-electron chi connectivity index (χ0n) is 8.90. The molecule has 15 heavy (non-hydrogen) atoms. The average molecular weight is 240 g/mol. The molecule has 0 aliphatic heterocycles. The molecule has 0 fully saturated rings. The molecule has 0 bridgehead atoms. The molecular weight excluding hydrogens is 226 g/mol. The predicted octanol–water partition coefficient (Wildman–Crippen LogP) is 4.32. The minimum Gasteiger partial charge on any atom is -0.340 e. The monoisotopic (exact) mass is 239 g/mol. The van der Waals surface area contributed by atoms with Crippen LogP contribution in [0.1, 0.15) is 13.3 Å². The summed E-state index contributed by atoms with van der Waals surface area (Å²) in [5, 5.41) is 1.20. The van der Waals surface area contributed by atoms with Crippen LogP contribution in [0.5, 0.6) is 0 Å². The number of allylic oxidation sites excluding steroid dienone is 4. The highest BCUT2D eigenvalue weighted by Crippen LogP contribution is 2.33. The fourth-order valence-corrected chi connectivity index (χ4v) is 2.80. The van der Waals surface area contributed by atoms with Crippen molar-refractivity contribution in [2.45, 2.75) is 13.3 Å². The van der Waals surface area contributed by atoms with E-state index in [2.05, 4.69) is 43.2 Å². The van der Waals surface area contributed by atoms with Crippen molar-refractivity contribution in [2.24, 2.45) is 5.92 Å². The highest BCUT2D eigenvalue weighted by atomic mass is 35.5. The molecule has 0 radical (unpaired) electrons. The smallest absolute Gasteiger partial charge is 0.0963 e. The Morgan fingerprint density at radius 3 is 2.87 bits per heavy atom. The fraction of sp³-hybridized carbons (Fsp3) is 0.333. The van der Waals surface area contributed by atoms with Crippen LogP contribution in [0.15, 0.2) is 36.1 Å². The Kier molecular flexibility index (Phi) is 3.17. The lowest BCUT2D eigenvalue weighted by Crippen LogP contribution is -2.21. The predicted molar refractivity (Wildman–Crippen MR) is 68.7 cm³/mol. The number of hydrogen-bond acceptors (Lipinski definition) is 2. The van der Waals surface area contributed by atoms with E-state index in [0.717, 1.165) is 10.8 Å². The van der Waals surface area contributed by atoms with Crippen molar-refractivity contribution in [3.05, 3.63) is 40.4 Å².